The number of aromatic hydroxyl groups is 1. The number of carbonyl (C=O) groups is 2. The van der Waals surface area contributed by atoms with Crippen molar-refractivity contribution in [1.82, 2.24) is 0 Å². The van der Waals surface area contributed by atoms with Crippen LogP contribution in [0.15, 0.2) is 29.9 Å². The second-order valence-electron chi connectivity index (χ2n) is 18.4. The van der Waals surface area contributed by atoms with Gasteiger partial charge in [0.2, 0.25) is 5.75 Å². The van der Waals surface area contributed by atoms with E-state index in [0.29, 0.717) is 37.7 Å². The molecule has 0 bridgehead atoms. The summed E-state index contributed by atoms with van der Waals surface area (Å²) in [5.41, 5.74) is -0.994. The molecule has 7 rings (SSSR count). The minimum atomic E-state index is -1.89. The molecule has 9 N–H and O–H groups in total. The second-order valence-corrected chi connectivity index (χ2v) is 18.4. The summed E-state index contributed by atoms with van der Waals surface area (Å²) >= 11 is 0. The third-order valence-corrected chi connectivity index (χ3v) is 15.2. The first-order valence-electron chi connectivity index (χ1n) is 21.4. The van der Waals surface area contributed by atoms with Crippen molar-refractivity contribution >= 4 is 17.8 Å². The van der Waals surface area contributed by atoms with Crippen LogP contribution in [0, 0.1) is 28.6 Å². The van der Waals surface area contributed by atoms with Crippen LogP contribution in [0.5, 0.6) is 17.2 Å². The van der Waals surface area contributed by atoms with Crippen LogP contribution in [0.25, 0.3) is 6.08 Å². The summed E-state index contributed by atoms with van der Waals surface area (Å²) in [7, 11) is 2.70. The molecule has 2 heterocycles. The van der Waals surface area contributed by atoms with Gasteiger partial charge in [0.05, 0.1) is 38.6 Å². The average molecular weight is 879 g/mol. The number of ether oxygens (including phenoxy) is 7. The summed E-state index contributed by atoms with van der Waals surface area (Å²) in [4.78, 5) is 25.4. The van der Waals surface area contributed by atoms with E-state index in [1.807, 2.05) is 6.92 Å². The molecule has 18 heteroatoms. The number of phenols is 1. The van der Waals surface area contributed by atoms with Gasteiger partial charge >= 0.3 is 5.97 Å². The second kappa shape index (κ2) is 18.0. The minimum Gasteiger partial charge on any atom is -0.502 e. The Labute approximate surface area is 359 Å². The van der Waals surface area contributed by atoms with Crippen molar-refractivity contribution in [3.05, 3.63) is 35.4 Å². The lowest BCUT2D eigenvalue weighted by Gasteiger charge is -2.61. The van der Waals surface area contributed by atoms with Crippen molar-refractivity contribution in [1.29, 1.82) is 0 Å². The molecule has 1 aromatic carbocycles. The number of aliphatic hydroxyl groups is 8. The summed E-state index contributed by atoms with van der Waals surface area (Å²) in [5.74, 6) is -1.58. The summed E-state index contributed by atoms with van der Waals surface area (Å²) in [6.07, 6.45) is -9.69. The highest BCUT2D eigenvalue weighted by Gasteiger charge is 2.70. The molecule has 18 unspecified atom stereocenters. The molecule has 2 saturated heterocycles. The van der Waals surface area contributed by atoms with E-state index >= 15 is 0 Å². The smallest absolute Gasteiger partial charge is 0.330 e. The number of rotatable bonds is 12. The standard InChI is InChI=1S/C44H62O18/c1-20(46)26-17-31(47)44(55)25-8-7-22-16-23(10-12-42(22,2)24(25)11-13-43(26,44)3)59-41-39(37(53)34(50)29(18-45)60-41)62-40-38(54)36(52)35(51)30(61-40)19-58-32(48)9-6-21-14-27(56-4)33(49)28(15-21)57-5/h6-7,9,14-15,23-26,29-31,34-41,45,47,49-55H,8,10-13,16-19H2,1-5H3. The van der Waals surface area contributed by atoms with Gasteiger partial charge < -0.3 is 79.1 Å². The molecule has 0 radical (unpaired) electrons. The Hall–Kier alpha value is -3.24. The average Bonchev–Trinajstić information content (AvgIpc) is 3.47. The van der Waals surface area contributed by atoms with Crippen LogP contribution < -0.4 is 9.47 Å². The molecule has 0 amide bonds. The van der Waals surface area contributed by atoms with Crippen molar-refractivity contribution in [3.8, 4) is 17.2 Å². The van der Waals surface area contributed by atoms with Gasteiger partial charge in [0.1, 0.15) is 61.2 Å². The third-order valence-electron chi connectivity index (χ3n) is 15.2. The lowest BCUT2D eigenvalue weighted by molar-refractivity contribution is -0.372. The zero-order valence-electron chi connectivity index (χ0n) is 35.6. The fraction of sp³-hybridized carbons (Fsp3) is 0.727. The van der Waals surface area contributed by atoms with Crippen molar-refractivity contribution in [3.63, 3.8) is 0 Å². The molecule has 0 spiro atoms. The molecule has 62 heavy (non-hydrogen) atoms. The first-order chi connectivity index (χ1) is 29.3. The zero-order valence-corrected chi connectivity index (χ0v) is 35.6. The molecule has 4 aliphatic carbocycles. The van der Waals surface area contributed by atoms with E-state index in [-0.39, 0.29) is 46.7 Å². The third kappa shape index (κ3) is 7.97. The van der Waals surface area contributed by atoms with E-state index in [4.69, 9.17) is 33.2 Å². The van der Waals surface area contributed by atoms with Crippen LogP contribution in [0.1, 0.15) is 71.3 Å². The van der Waals surface area contributed by atoms with Gasteiger partial charge in [-0.25, -0.2) is 4.79 Å². The number of carbonyl (C=O) groups excluding carboxylic acids is 2. The Kier molecular flexibility index (Phi) is 13.5. The Balaban J connectivity index is 1.03. The van der Waals surface area contributed by atoms with Crippen molar-refractivity contribution < 1.29 is 88.7 Å². The number of aliphatic hydroxyl groups excluding tert-OH is 7. The minimum absolute atomic E-state index is 0.0231. The predicted molar refractivity (Wildman–Crippen MR) is 214 cm³/mol. The number of esters is 1. The highest BCUT2D eigenvalue weighted by atomic mass is 16.8. The summed E-state index contributed by atoms with van der Waals surface area (Å²) < 4.78 is 39.7. The van der Waals surface area contributed by atoms with Gasteiger partial charge in [0, 0.05) is 17.4 Å². The SMILES string of the molecule is COc1cc(C=CC(=O)OCC2OC(OC3C(OC4CCC5(C)C(=CCC6C5CCC5(C)C(C(C)=O)CC(O)C65O)C4)OC(CO)C(O)C3O)C(O)C(O)C2O)cc(OC)c1O. The fourth-order valence-corrected chi connectivity index (χ4v) is 11.6. The number of Topliss-reactive ketones (excluding diaryl/α,β-unsaturated/α-hetero) is 1. The molecule has 5 fully saturated rings. The van der Waals surface area contributed by atoms with Gasteiger partial charge in [-0.3, -0.25) is 4.79 Å². The molecular weight excluding hydrogens is 816 g/mol. The van der Waals surface area contributed by atoms with E-state index in [9.17, 15) is 55.5 Å². The zero-order chi connectivity index (χ0) is 45.1. The Morgan fingerprint density at radius 3 is 2.16 bits per heavy atom. The molecule has 346 valence electrons. The van der Waals surface area contributed by atoms with Crippen LogP contribution in [-0.2, 0) is 33.3 Å². The van der Waals surface area contributed by atoms with Gasteiger partial charge in [-0.05, 0) is 92.9 Å². The lowest BCUT2D eigenvalue weighted by atomic mass is 9.45. The van der Waals surface area contributed by atoms with Crippen LogP contribution in [0.3, 0.4) is 0 Å². The molecule has 6 aliphatic rings. The lowest BCUT2D eigenvalue weighted by Crippen LogP contribution is -2.65. The monoisotopic (exact) mass is 878 g/mol. The number of ketones is 1. The number of allylic oxidation sites excluding steroid dienone is 1. The summed E-state index contributed by atoms with van der Waals surface area (Å²) in [5, 5.41) is 98.6. The summed E-state index contributed by atoms with van der Waals surface area (Å²) in [6, 6.07) is 2.91. The van der Waals surface area contributed by atoms with E-state index in [2.05, 4.69) is 13.0 Å². The number of phenolic OH excluding ortho intramolecular Hbond substituents is 1. The molecule has 2 aliphatic heterocycles. The molecule has 0 aromatic heterocycles. The van der Waals surface area contributed by atoms with Gasteiger partial charge in [-0.1, -0.05) is 25.5 Å². The maximum absolute atomic E-state index is 12.7. The maximum Gasteiger partial charge on any atom is 0.330 e. The largest absolute Gasteiger partial charge is 0.502 e. The Bertz CT molecular complexity index is 1850. The van der Waals surface area contributed by atoms with Gasteiger partial charge in [-0.2, -0.15) is 0 Å². The molecule has 3 saturated carbocycles. The predicted octanol–water partition coefficient (Wildman–Crippen LogP) is 0.237. The number of methoxy groups -OCH3 is 2. The number of hydrogen-bond donors (Lipinski definition) is 9. The van der Waals surface area contributed by atoms with Gasteiger partial charge in [0.25, 0.3) is 0 Å². The fourth-order valence-electron chi connectivity index (χ4n) is 11.6. The first kappa shape index (κ1) is 46.7. The van der Waals surface area contributed by atoms with E-state index < -0.39 is 110 Å². The highest BCUT2D eigenvalue weighted by Crippen LogP contribution is 2.68. The maximum atomic E-state index is 12.7. The van der Waals surface area contributed by atoms with Crippen molar-refractivity contribution in [2.45, 2.75) is 145 Å². The molecule has 18 nitrogen and oxygen atoms in total. The van der Waals surface area contributed by atoms with Crippen molar-refractivity contribution in [2.75, 3.05) is 27.4 Å². The van der Waals surface area contributed by atoms with E-state index in [1.165, 1.54) is 39.4 Å². The van der Waals surface area contributed by atoms with E-state index in [1.54, 1.807) is 0 Å². The van der Waals surface area contributed by atoms with Crippen molar-refractivity contribution in [2.24, 2.45) is 28.6 Å². The topological polar surface area (TPSA) is 281 Å². The van der Waals surface area contributed by atoms with Gasteiger partial charge in [0.15, 0.2) is 24.1 Å². The van der Waals surface area contributed by atoms with Crippen LogP contribution in [-0.4, -0.2) is 164 Å². The van der Waals surface area contributed by atoms with Crippen LogP contribution >= 0.6 is 0 Å². The van der Waals surface area contributed by atoms with Crippen LogP contribution in [0.2, 0.25) is 0 Å². The molecule has 1 aromatic rings. The summed E-state index contributed by atoms with van der Waals surface area (Å²) in [6.45, 7) is 4.35. The number of hydrogen-bond acceptors (Lipinski definition) is 18. The quantitative estimate of drug-likeness (QED) is 0.0772. The molecular formula is C44H62O18. The van der Waals surface area contributed by atoms with Crippen LogP contribution in [0.4, 0.5) is 0 Å². The normalized spacial score (nSPS) is 44.1. The van der Waals surface area contributed by atoms with E-state index in [0.717, 1.165) is 18.1 Å². The first-order valence-corrected chi connectivity index (χ1v) is 21.4. The molecule has 18 atom stereocenters. The number of fused-ring (bicyclic) bond motifs is 5. The number of benzene rings is 1. The Morgan fingerprint density at radius 2 is 1.52 bits per heavy atom. The van der Waals surface area contributed by atoms with Gasteiger partial charge in [-0.15, -0.1) is 0 Å². The Morgan fingerprint density at radius 1 is 0.855 bits per heavy atom. The highest BCUT2D eigenvalue weighted by molar-refractivity contribution is 5.87.